The molecule has 0 N–H and O–H groups in total. The summed E-state index contributed by atoms with van der Waals surface area (Å²) < 4.78 is 5.31. The largest absolute Gasteiger partial charge is 0.315 e. The lowest BCUT2D eigenvalue weighted by atomic mass is 10.2. The van der Waals surface area contributed by atoms with Crippen molar-refractivity contribution in [3.8, 4) is 0 Å². The molecule has 0 heterocycles. The van der Waals surface area contributed by atoms with Crippen LogP contribution < -0.4 is 0 Å². The van der Waals surface area contributed by atoms with Crippen LogP contribution in [0.4, 0.5) is 0 Å². The van der Waals surface area contributed by atoms with Crippen LogP contribution in [0, 0.1) is 5.92 Å². The van der Waals surface area contributed by atoms with Gasteiger partial charge < -0.3 is 4.18 Å². The first-order valence-electron chi connectivity index (χ1n) is 4.01. The van der Waals surface area contributed by atoms with Crippen LogP contribution in [0.5, 0.6) is 0 Å². The van der Waals surface area contributed by atoms with Crippen LogP contribution in [-0.2, 0) is 4.18 Å². The van der Waals surface area contributed by atoms with Crippen molar-refractivity contribution in [1.29, 1.82) is 0 Å². The second-order valence-corrected chi connectivity index (χ2v) is 3.73. The molecule has 0 aromatic rings. The Morgan fingerprint density at radius 3 is 2.60 bits per heavy atom. The quantitative estimate of drug-likeness (QED) is 0.438. The molecule has 0 aliphatic rings. The highest BCUT2D eigenvalue weighted by atomic mass is 32.2. The van der Waals surface area contributed by atoms with Gasteiger partial charge in [-0.3, -0.25) is 0 Å². The lowest BCUT2D eigenvalue weighted by Gasteiger charge is -2.03. The van der Waals surface area contributed by atoms with Gasteiger partial charge in [0, 0.05) is 5.75 Å². The first kappa shape index (κ1) is 10.3. The topological polar surface area (TPSA) is 9.23 Å². The van der Waals surface area contributed by atoms with Crippen LogP contribution >= 0.6 is 12.0 Å². The fourth-order valence-electron chi connectivity index (χ4n) is 0.446. The highest BCUT2D eigenvalue weighted by molar-refractivity contribution is 7.94. The molecule has 0 radical (unpaired) electrons. The third-order valence-corrected chi connectivity index (χ3v) is 1.82. The van der Waals surface area contributed by atoms with E-state index < -0.39 is 0 Å². The Morgan fingerprint density at radius 1 is 1.40 bits per heavy atom. The Labute approximate surface area is 68.7 Å². The Hall–Kier alpha value is 0.310. The summed E-state index contributed by atoms with van der Waals surface area (Å²) in [7, 11) is 0. The molecule has 0 fully saturated rings. The minimum Gasteiger partial charge on any atom is -0.315 e. The molecule has 0 saturated carbocycles. The minimum absolute atomic E-state index is 0.661. The van der Waals surface area contributed by atoms with Crippen molar-refractivity contribution in [1.82, 2.24) is 0 Å². The zero-order valence-corrected chi connectivity index (χ0v) is 8.04. The average Bonchev–Trinajstić information content (AvgIpc) is 1.87. The summed E-state index contributed by atoms with van der Waals surface area (Å²) in [5.74, 6) is 1.80. The molecule has 62 valence electrons. The maximum Gasteiger partial charge on any atom is 0.0636 e. The van der Waals surface area contributed by atoms with E-state index in [4.69, 9.17) is 4.18 Å². The van der Waals surface area contributed by atoms with Crippen LogP contribution in [0.1, 0.15) is 33.6 Å². The summed E-state index contributed by atoms with van der Waals surface area (Å²) in [4.78, 5) is 0. The van der Waals surface area contributed by atoms with Crippen molar-refractivity contribution in [2.24, 2.45) is 5.92 Å². The standard InChI is InChI=1S/C8H18OS/c1-4-5-6-10-9-7-8(2)3/h8H,4-7H2,1-3H3. The summed E-state index contributed by atoms with van der Waals surface area (Å²) >= 11 is 1.61. The van der Waals surface area contributed by atoms with Gasteiger partial charge >= 0.3 is 0 Å². The zero-order valence-electron chi connectivity index (χ0n) is 7.22. The van der Waals surface area contributed by atoms with E-state index >= 15 is 0 Å². The molecule has 0 rings (SSSR count). The van der Waals surface area contributed by atoms with E-state index in [1.807, 2.05) is 0 Å². The fraction of sp³-hybridized carbons (Fsp3) is 1.00. The van der Waals surface area contributed by atoms with Gasteiger partial charge in [0.1, 0.15) is 0 Å². The van der Waals surface area contributed by atoms with Gasteiger partial charge in [-0.1, -0.05) is 27.2 Å². The summed E-state index contributed by atoms with van der Waals surface area (Å²) in [6.45, 7) is 7.41. The van der Waals surface area contributed by atoms with Gasteiger partial charge in [0.25, 0.3) is 0 Å². The molecule has 10 heavy (non-hydrogen) atoms. The molecule has 0 bridgehead atoms. The molecule has 0 aromatic carbocycles. The number of unbranched alkanes of at least 4 members (excludes halogenated alkanes) is 1. The van der Waals surface area contributed by atoms with E-state index in [-0.39, 0.29) is 0 Å². The molecule has 0 saturated heterocycles. The van der Waals surface area contributed by atoms with Crippen LogP contribution in [0.15, 0.2) is 0 Å². The van der Waals surface area contributed by atoms with E-state index in [1.165, 1.54) is 12.8 Å². The monoisotopic (exact) mass is 162 g/mol. The molecule has 2 heteroatoms. The fourth-order valence-corrected chi connectivity index (χ4v) is 1.34. The van der Waals surface area contributed by atoms with Crippen LogP contribution in [-0.4, -0.2) is 12.4 Å². The van der Waals surface area contributed by atoms with Gasteiger partial charge in [-0.2, -0.15) is 0 Å². The smallest absolute Gasteiger partial charge is 0.0636 e. The lowest BCUT2D eigenvalue weighted by Crippen LogP contribution is -1.96. The van der Waals surface area contributed by atoms with Crippen molar-refractivity contribution in [2.75, 3.05) is 12.4 Å². The first-order chi connectivity index (χ1) is 4.77. The molecule has 0 spiro atoms. The second-order valence-electron chi connectivity index (χ2n) is 2.85. The van der Waals surface area contributed by atoms with Crippen LogP contribution in [0.3, 0.4) is 0 Å². The Morgan fingerprint density at radius 2 is 2.10 bits per heavy atom. The molecule has 0 unspecified atom stereocenters. The molecule has 0 aliphatic heterocycles. The molecule has 0 aromatic heterocycles. The number of rotatable bonds is 6. The van der Waals surface area contributed by atoms with Crippen molar-refractivity contribution < 1.29 is 4.18 Å². The highest BCUT2D eigenvalue weighted by Crippen LogP contribution is 2.07. The second kappa shape index (κ2) is 7.42. The van der Waals surface area contributed by atoms with Gasteiger partial charge in [-0.05, 0) is 24.4 Å². The van der Waals surface area contributed by atoms with Gasteiger partial charge in [0.05, 0.1) is 6.61 Å². The zero-order chi connectivity index (χ0) is 7.82. The number of hydrogen-bond acceptors (Lipinski definition) is 2. The van der Waals surface area contributed by atoms with E-state index in [9.17, 15) is 0 Å². The SMILES string of the molecule is CCCCSOCC(C)C. The predicted molar refractivity (Wildman–Crippen MR) is 48.2 cm³/mol. The summed E-state index contributed by atoms with van der Waals surface area (Å²) in [5, 5.41) is 0. The minimum atomic E-state index is 0.661. The third-order valence-electron chi connectivity index (χ3n) is 1.07. The Kier molecular flexibility index (Phi) is 7.65. The van der Waals surface area contributed by atoms with Crippen molar-refractivity contribution in [3.63, 3.8) is 0 Å². The van der Waals surface area contributed by atoms with Gasteiger partial charge in [0.2, 0.25) is 0 Å². The van der Waals surface area contributed by atoms with Crippen molar-refractivity contribution in [2.45, 2.75) is 33.6 Å². The average molecular weight is 162 g/mol. The maximum atomic E-state index is 5.31. The first-order valence-corrected chi connectivity index (χ1v) is 4.92. The van der Waals surface area contributed by atoms with E-state index in [2.05, 4.69) is 20.8 Å². The van der Waals surface area contributed by atoms with E-state index in [0.717, 1.165) is 12.4 Å². The molecule has 0 amide bonds. The summed E-state index contributed by atoms with van der Waals surface area (Å²) in [6.07, 6.45) is 2.53. The molecule has 0 atom stereocenters. The third kappa shape index (κ3) is 8.31. The van der Waals surface area contributed by atoms with Crippen LogP contribution in [0.2, 0.25) is 0 Å². The summed E-state index contributed by atoms with van der Waals surface area (Å²) in [6, 6.07) is 0. The van der Waals surface area contributed by atoms with Gasteiger partial charge in [0.15, 0.2) is 0 Å². The molecule has 1 nitrogen and oxygen atoms in total. The molecular weight excluding hydrogens is 144 g/mol. The maximum absolute atomic E-state index is 5.31. The van der Waals surface area contributed by atoms with E-state index in [1.54, 1.807) is 12.0 Å². The Bertz CT molecular complexity index is 64.3. The normalized spacial score (nSPS) is 10.8. The lowest BCUT2D eigenvalue weighted by molar-refractivity contribution is 0.315. The van der Waals surface area contributed by atoms with Gasteiger partial charge in [-0.15, -0.1) is 0 Å². The van der Waals surface area contributed by atoms with Gasteiger partial charge in [-0.25, -0.2) is 0 Å². The van der Waals surface area contributed by atoms with Crippen molar-refractivity contribution >= 4 is 12.0 Å². The van der Waals surface area contributed by atoms with E-state index in [0.29, 0.717) is 5.92 Å². The Balaban J connectivity index is 2.77. The molecular formula is C8H18OS. The summed E-state index contributed by atoms with van der Waals surface area (Å²) in [5.41, 5.74) is 0. The predicted octanol–water partition coefficient (Wildman–Crippen LogP) is 3.11. The molecule has 0 aliphatic carbocycles. The van der Waals surface area contributed by atoms with Crippen LogP contribution in [0.25, 0.3) is 0 Å². The van der Waals surface area contributed by atoms with Crippen molar-refractivity contribution in [3.05, 3.63) is 0 Å². The highest BCUT2D eigenvalue weighted by Gasteiger charge is 1.93. The number of hydrogen-bond donors (Lipinski definition) is 0.